The number of fused-ring (bicyclic) bond motifs is 1. The average Bonchev–Trinajstić information content (AvgIpc) is 2.52. The number of hydrogen-bond acceptors (Lipinski definition) is 2. The van der Waals surface area contributed by atoms with Crippen molar-refractivity contribution in [2.24, 2.45) is 0 Å². The molecule has 0 aliphatic carbocycles. The molecule has 2 aromatic rings. The van der Waals surface area contributed by atoms with Crippen LogP contribution in [0.25, 0.3) is 10.8 Å². The second-order valence-corrected chi connectivity index (χ2v) is 5.03. The Balaban J connectivity index is 2.06. The van der Waals surface area contributed by atoms with Crippen LogP contribution in [0.4, 0.5) is 0 Å². The summed E-state index contributed by atoms with van der Waals surface area (Å²) in [5, 5.41) is 4.91. The number of quaternary nitrogens is 1. The lowest BCUT2D eigenvalue weighted by molar-refractivity contribution is -0.670. The van der Waals surface area contributed by atoms with Crippen LogP contribution in [-0.4, -0.2) is 26.4 Å². The van der Waals surface area contributed by atoms with Crippen LogP contribution >= 0.6 is 0 Å². The molecular weight excluding hydrogens is 262 g/mol. The smallest absolute Gasteiger partial charge is 0.128 e. The lowest BCUT2D eigenvalue weighted by Gasteiger charge is -2.12. The Labute approximate surface area is 127 Å². The van der Waals surface area contributed by atoms with E-state index >= 15 is 0 Å². The van der Waals surface area contributed by atoms with Crippen molar-refractivity contribution in [3.8, 4) is 5.75 Å². The molecule has 0 bridgehead atoms. The topological polar surface area (TPSA) is 35.1 Å². The maximum atomic E-state index is 5.80. The Morgan fingerprint density at radius 3 is 2.67 bits per heavy atom. The second-order valence-electron chi connectivity index (χ2n) is 5.03. The molecule has 3 heteroatoms. The quantitative estimate of drug-likeness (QED) is 0.720. The third-order valence-corrected chi connectivity index (χ3v) is 3.55. The van der Waals surface area contributed by atoms with Crippen LogP contribution in [0.5, 0.6) is 5.75 Å². The molecule has 2 rings (SSSR count). The van der Waals surface area contributed by atoms with Gasteiger partial charge in [-0.3, -0.25) is 0 Å². The highest BCUT2D eigenvalue weighted by molar-refractivity contribution is 5.87. The van der Waals surface area contributed by atoms with Crippen LogP contribution < -0.4 is 10.1 Å². The first-order valence-electron chi connectivity index (χ1n) is 7.89. The normalized spacial score (nSPS) is 11.0. The minimum absolute atomic E-state index is 0.704. The van der Waals surface area contributed by atoms with E-state index < -0.39 is 0 Å². The van der Waals surface area contributed by atoms with E-state index in [2.05, 4.69) is 41.7 Å². The molecule has 0 saturated carbocycles. The van der Waals surface area contributed by atoms with Gasteiger partial charge in [-0.2, -0.15) is 0 Å². The molecular formula is C18H26NO2+. The summed E-state index contributed by atoms with van der Waals surface area (Å²) in [7, 11) is 0. The Kier molecular flexibility index (Phi) is 6.51. The molecule has 3 nitrogen and oxygen atoms in total. The third-order valence-electron chi connectivity index (χ3n) is 3.55. The van der Waals surface area contributed by atoms with Crippen molar-refractivity contribution in [1.29, 1.82) is 0 Å². The number of benzene rings is 2. The van der Waals surface area contributed by atoms with Crippen LogP contribution in [0.15, 0.2) is 36.4 Å². The van der Waals surface area contributed by atoms with Crippen molar-refractivity contribution in [3.05, 3.63) is 42.0 Å². The first kappa shape index (κ1) is 15.8. The summed E-state index contributed by atoms with van der Waals surface area (Å²) >= 11 is 0. The summed E-state index contributed by atoms with van der Waals surface area (Å²) in [5.74, 6) is 1.01. The van der Waals surface area contributed by atoms with Crippen LogP contribution in [-0.2, 0) is 11.3 Å². The van der Waals surface area contributed by atoms with Crippen molar-refractivity contribution < 1.29 is 14.8 Å². The first-order valence-corrected chi connectivity index (χ1v) is 7.89. The van der Waals surface area contributed by atoms with E-state index in [1.54, 1.807) is 0 Å². The fourth-order valence-electron chi connectivity index (χ4n) is 2.54. The molecule has 2 N–H and O–H groups in total. The molecule has 21 heavy (non-hydrogen) atoms. The molecule has 0 aliphatic rings. The molecule has 0 radical (unpaired) electrons. The number of ether oxygens (including phenoxy) is 2. The highest BCUT2D eigenvalue weighted by Gasteiger charge is 2.10. The maximum absolute atomic E-state index is 5.80. The minimum atomic E-state index is 0.704. The van der Waals surface area contributed by atoms with E-state index in [1.165, 1.54) is 16.3 Å². The van der Waals surface area contributed by atoms with Gasteiger partial charge >= 0.3 is 0 Å². The van der Waals surface area contributed by atoms with Gasteiger partial charge in [0.25, 0.3) is 0 Å². The zero-order valence-electron chi connectivity index (χ0n) is 13.1. The van der Waals surface area contributed by atoms with Crippen molar-refractivity contribution in [2.75, 3.05) is 26.4 Å². The number of nitrogens with two attached hydrogens (primary N) is 1. The molecule has 0 aliphatic heterocycles. The standard InChI is InChI=1S/C18H25NO2/c1-3-20-13-7-12-19-14-17-16-9-6-5-8-15(16)10-11-18(17)21-4-2/h5-6,8-11,19H,3-4,7,12-14H2,1-2H3/p+1. The highest BCUT2D eigenvalue weighted by Crippen LogP contribution is 2.27. The van der Waals surface area contributed by atoms with E-state index in [0.717, 1.165) is 38.5 Å². The van der Waals surface area contributed by atoms with Crippen molar-refractivity contribution >= 4 is 10.8 Å². The van der Waals surface area contributed by atoms with Gasteiger partial charge in [0.2, 0.25) is 0 Å². The van der Waals surface area contributed by atoms with Gasteiger partial charge in [0.1, 0.15) is 12.3 Å². The van der Waals surface area contributed by atoms with Gasteiger partial charge in [0.05, 0.1) is 25.3 Å². The molecule has 0 spiro atoms. The van der Waals surface area contributed by atoms with Gasteiger partial charge < -0.3 is 14.8 Å². The summed E-state index contributed by atoms with van der Waals surface area (Å²) in [5.41, 5.74) is 1.30. The summed E-state index contributed by atoms with van der Waals surface area (Å²) in [4.78, 5) is 0. The summed E-state index contributed by atoms with van der Waals surface area (Å²) in [6.45, 7) is 8.45. The summed E-state index contributed by atoms with van der Waals surface area (Å²) < 4.78 is 11.2. The molecule has 2 aromatic carbocycles. The fourth-order valence-corrected chi connectivity index (χ4v) is 2.54. The third kappa shape index (κ3) is 4.45. The van der Waals surface area contributed by atoms with E-state index in [9.17, 15) is 0 Å². The van der Waals surface area contributed by atoms with Crippen LogP contribution in [0.2, 0.25) is 0 Å². The molecule has 0 heterocycles. The monoisotopic (exact) mass is 288 g/mol. The predicted octanol–water partition coefficient (Wildman–Crippen LogP) is 2.73. The average molecular weight is 288 g/mol. The molecule has 114 valence electrons. The van der Waals surface area contributed by atoms with Crippen LogP contribution in [0.3, 0.4) is 0 Å². The Hall–Kier alpha value is -1.58. The van der Waals surface area contributed by atoms with Gasteiger partial charge in [-0.1, -0.05) is 30.3 Å². The van der Waals surface area contributed by atoms with E-state index in [0.29, 0.717) is 6.61 Å². The Bertz CT molecular complexity index is 554. The van der Waals surface area contributed by atoms with Crippen molar-refractivity contribution in [1.82, 2.24) is 0 Å². The predicted molar refractivity (Wildman–Crippen MR) is 86.7 cm³/mol. The van der Waals surface area contributed by atoms with Gasteiger partial charge in [-0.25, -0.2) is 0 Å². The van der Waals surface area contributed by atoms with Gasteiger partial charge in [0.15, 0.2) is 0 Å². The lowest BCUT2D eigenvalue weighted by Crippen LogP contribution is -2.82. The minimum Gasteiger partial charge on any atom is -0.493 e. The van der Waals surface area contributed by atoms with Gasteiger partial charge in [-0.15, -0.1) is 0 Å². The first-order chi connectivity index (χ1) is 10.4. The summed E-state index contributed by atoms with van der Waals surface area (Å²) in [6, 6.07) is 12.7. The van der Waals surface area contributed by atoms with Gasteiger partial charge in [0, 0.05) is 13.0 Å². The van der Waals surface area contributed by atoms with Gasteiger partial charge in [-0.05, 0) is 30.7 Å². The molecule has 0 atom stereocenters. The van der Waals surface area contributed by atoms with Crippen LogP contribution in [0, 0.1) is 0 Å². The SMILES string of the molecule is CCOCCC[NH2+]Cc1c(OCC)ccc2ccccc12. The number of rotatable bonds is 9. The highest BCUT2D eigenvalue weighted by atomic mass is 16.5. The zero-order chi connectivity index (χ0) is 14.9. The van der Waals surface area contributed by atoms with Crippen molar-refractivity contribution in [3.63, 3.8) is 0 Å². The van der Waals surface area contributed by atoms with Crippen molar-refractivity contribution in [2.45, 2.75) is 26.8 Å². The van der Waals surface area contributed by atoms with E-state index in [4.69, 9.17) is 9.47 Å². The number of hydrogen-bond donors (Lipinski definition) is 1. The lowest BCUT2D eigenvalue weighted by atomic mass is 10.0. The fraction of sp³-hybridized carbons (Fsp3) is 0.444. The molecule has 0 unspecified atom stereocenters. The second kappa shape index (κ2) is 8.65. The Morgan fingerprint density at radius 1 is 1.00 bits per heavy atom. The molecule has 0 aromatic heterocycles. The maximum Gasteiger partial charge on any atom is 0.128 e. The Morgan fingerprint density at radius 2 is 1.86 bits per heavy atom. The molecule has 0 amide bonds. The van der Waals surface area contributed by atoms with E-state index in [-0.39, 0.29) is 0 Å². The van der Waals surface area contributed by atoms with Crippen LogP contribution in [0.1, 0.15) is 25.8 Å². The zero-order valence-corrected chi connectivity index (χ0v) is 13.1. The largest absolute Gasteiger partial charge is 0.493 e. The van der Waals surface area contributed by atoms with E-state index in [1.807, 2.05) is 13.8 Å². The summed E-state index contributed by atoms with van der Waals surface area (Å²) in [6.07, 6.45) is 1.09. The molecule has 0 saturated heterocycles. The molecule has 0 fully saturated rings.